The third kappa shape index (κ3) is 2.46. The number of aryl methyl sites for hydroxylation is 1. The Morgan fingerprint density at radius 1 is 1.09 bits per heavy atom. The zero-order valence-corrected chi connectivity index (χ0v) is 14.4. The molecule has 1 aromatic heterocycles. The quantitative estimate of drug-likeness (QED) is 0.866. The van der Waals surface area contributed by atoms with Crippen LogP contribution in [0.3, 0.4) is 0 Å². The molecule has 0 unspecified atom stereocenters. The van der Waals surface area contributed by atoms with Crippen molar-refractivity contribution in [1.82, 2.24) is 8.28 Å². The van der Waals surface area contributed by atoms with Gasteiger partial charge in [-0.15, -0.1) is 0 Å². The summed E-state index contributed by atoms with van der Waals surface area (Å²) in [6, 6.07) is 6.01. The molecule has 2 heterocycles. The van der Waals surface area contributed by atoms with Crippen LogP contribution in [0.2, 0.25) is 0 Å². The molecule has 0 aliphatic carbocycles. The molecule has 0 amide bonds. The van der Waals surface area contributed by atoms with E-state index in [1.54, 1.807) is 4.31 Å². The highest BCUT2D eigenvalue weighted by molar-refractivity contribution is 7.87. The first-order valence-electron chi connectivity index (χ1n) is 8.04. The van der Waals surface area contributed by atoms with Crippen molar-refractivity contribution >= 4 is 21.1 Å². The lowest BCUT2D eigenvalue weighted by molar-refractivity contribution is 0.343. The van der Waals surface area contributed by atoms with Crippen LogP contribution in [-0.4, -0.2) is 29.8 Å². The Labute approximate surface area is 132 Å². The zero-order chi connectivity index (χ0) is 15.9. The van der Waals surface area contributed by atoms with Gasteiger partial charge in [-0.2, -0.15) is 12.7 Å². The molecule has 22 heavy (non-hydrogen) atoms. The number of rotatable bonds is 3. The van der Waals surface area contributed by atoms with Gasteiger partial charge in [0.25, 0.3) is 0 Å². The molecule has 0 saturated carbocycles. The summed E-state index contributed by atoms with van der Waals surface area (Å²) in [5, 5.41) is 1.05. The van der Waals surface area contributed by atoms with Crippen LogP contribution in [0.4, 0.5) is 0 Å². The lowest BCUT2D eigenvalue weighted by Crippen LogP contribution is -2.39. The van der Waals surface area contributed by atoms with Gasteiger partial charge in [-0.1, -0.05) is 38.5 Å². The van der Waals surface area contributed by atoms with Crippen LogP contribution >= 0.6 is 0 Å². The number of piperidine rings is 1. The van der Waals surface area contributed by atoms with Gasteiger partial charge in [0.05, 0.1) is 5.52 Å². The molecule has 0 bridgehead atoms. The van der Waals surface area contributed by atoms with E-state index in [1.165, 1.54) is 3.97 Å². The Hall–Kier alpha value is -1.33. The third-order valence-corrected chi connectivity index (χ3v) is 6.34. The molecule has 0 spiro atoms. The minimum Gasteiger partial charge on any atom is -0.232 e. The third-order valence-electron chi connectivity index (χ3n) is 4.54. The standard InChI is InChI=1S/C17H24N2O2S/c1-13(2)16-12-19(17-14(3)8-7-9-15(16)17)22(20,21)18-10-5-4-6-11-18/h7-9,12-13H,4-6,10-11H2,1-3H3. The van der Waals surface area contributed by atoms with E-state index >= 15 is 0 Å². The number of para-hydroxylation sites is 1. The predicted octanol–water partition coefficient (Wildman–Crippen LogP) is 3.65. The number of nitrogens with zero attached hydrogens (tertiary/aromatic N) is 2. The molecule has 1 saturated heterocycles. The summed E-state index contributed by atoms with van der Waals surface area (Å²) < 4.78 is 29.3. The van der Waals surface area contributed by atoms with E-state index in [1.807, 2.05) is 31.3 Å². The second-order valence-electron chi connectivity index (χ2n) is 6.47. The van der Waals surface area contributed by atoms with E-state index in [2.05, 4.69) is 13.8 Å². The average Bonchev–Trinajstić information content (AvgIpc) is 2.90. The smallest absolute Gasteiger partial charge is 0.232 e. The zero-order valence-electron chi connectivity index (χ0n) is 13.5. The van der Waals surface area contributed by atoms with Crippen LogP contribution in [0.25, 0.3) is 10.9 Å². The highest BCUT2D eigenvalue weighted by atomic mass is 32.2. The number of fused-ring (bicyclic) bond motifs is 1. The Morgan fingerprint density at radius 3 is 2.41 bits per heavy atom. The molecule has 120 valence electrons. The normalized spacial score (nSPS) is 17.5. The van der Waals surface area contributed by atoms with E-state index in [0.717, 1.165) is 41.3 Å². The van der Waals surface area contributed by atoms with E-state index in [4.69, 9.17) is 0 Å². The highest BCUT2D eigenvalue weighted by Crippen LogP contribution is 2.31. The van der Waals surface area contributed by atoms with Gasteiger partial charge in [0.2, 0.25) is 0 Å². The van der Waals surface area contributed by atoms with Gasteiger partial charge in [0, 0.05) is 24.7 Å². The van der Waals surface area contributed by atoms with Crippen molar-refractivity contribution < 1.29 is 8.42 Å². The molecule has 0 N–H and O–H groups in total. The SMILES string of the molecule is Cc1cccc2c(C(C)C)cn(S(=O)(=O)N3CCCCC3)c12. The van der Waals surface area contributed by atoms with Crippen molar-refractivity contribution in [1.29, 1.82) is 0 Å². The Balaban J connectivity index is 2.22. The summed E-state index contributed by atoms with van der Waals surface area (Å²) in [6.45, 7) is 7.45. The van der Waals surface area contributed by atoms with Gasteiger partial charge >= 0.3 is 10.2 Å². The van der Waals surface area contributed by atoms with Gasteiger partial charge in [-0.25, -0.2) is 3.97 Å². The summed E-state index contributed by atoms with van der Waals surface area (Å²) in [6.07, 6.45) is 4.85. The maximum atomic E-state index is 13.1. The van der Waals surface area contributed by atoms with Crippen molar-refractivity contribution in [2.24, 2.45) is 0 Å². The van der Waals surface area contributed by atoms with Crippen LogP contribution in [-0.2, 0) is 10.2 Å². The monoisotopic (exact) mass is 320 g/mol. The highest BCUT2D eigenvalue weighted by Gasteiger charge is 2.28. The number of hydrogen-bond acceptors (Lipinski definition) is 2. The molecule has 3 rings (SSSR count). The molecule has 0 atom stereocenters. The molecule has 5 heteroatoms. The van der Waals surface area contributed by atoms with Crippen LogP contribution in [0.5, 0.6) is 0 Å². The molecule has 1 fully saturated rings. The average molecular weight is 320 g/mol. The summed E-state index contributed by atoms with van der Waals surface area (Å²) in [4.78, 5) is 0. The number of aromatic nitrogens is 1. The fraction of sp³-hybridized carbons (Fsp3) is 0.529. The lowest BCUT2D eigenvalue weighted by Gasteiger charge is -2.26. The minimum absolute atomic E-state index is 0.294. The summed E-state index contributed by atoms with van der Waals surface area (Å²) in [7, 11) is -3.47. The Bertz CT molecular complexity index is 784. The van der Waals surface area contributed by atoms with Crippen LogP contribution in [0.1, 0.15) is 50.2 Å². The van der Waals surface area contributed by atoms with Crippen LogP contribution in [0.15, 0.2) is 24.4 Å². The van der Waals surface area contributed by atoms with Crippen molar-refractivity contribution in [2.75, 3.05) is 13.1 Å². The van der Waals surface area contributed by atoms with E-state index in [-0.39, 0.29) is 0 Å². The van der Waals surface area contributed by atoms with Gasteiger partial charge in [0.15, 0.2) is 0 Å². The maximum Gasteiger partial charge on any atom is 0.307 e. The lowest BCUT2D eigenvalue weighted by atomic mass is 10.0. The van der Waals surface area contributed by atoms with Crippen LogP contribution < -0.4 is 0 Å². The van der Waals surface area contributed by atoms with Gasteiger partial charge in [0.1, 0.15) is 0 Å². The number of benzene rings is 1. The Kier molecular flexibility index (Phi) is 4.03. The van der Waals surface area contributed by atoms with E-state index in [9.17, 15) is 8.42 Å². The molecule has 1 aliphatic rings. The maximum absolute atomic E-state index is 13.1. The topological polar surface area (TPSA) is 42.3 Å². The molecule has 2 aromatic rings. The van der Waals surface area contributed by atoms with Crippen molar-refractivity contribution in [3.63, 3.8) is 0 Å². The molecule has 4 nitrogen and oxygen atoms in total. The predicted molar refractivity (Wildman–Crippen MR) is 90.5 cm³/mol. The largest absolute Gasteiger partial charge is 0.307 e. The summed E-state index contributed by atoms with van der Waals surface area (Å²) in [5.41, 5.74) is 2.93. The molecular formula is C17H24N2O2S. The molecule has 0 radical (unpaired) electrons. The van der Waals surface area contributed by atoms with Gasteiger partial charge in [-0.3, -0.25) is 0 Å². The van der Waals surface area contributed by atoms with E-state index < -0.39 is 10.2 Å². The van der Waals surface area contributed by atoms with Crippen molar-refractivity contribution in [3.05, 3.63) is 35.5 Å². The second kappa shape index (κ2) is 5.70. The summed E-state index contributed by atoms with van der Waals surface area (Å²) >= 11 is 0. The molecule has 1 aromatic carbocycles. The first kappa shape index (κ1) is 15.6. The Morgan fingerprint density at radius 2 is 1.77 bits per heavy atom. The van der Waals surface area contributed by atoms with Gasteiger partial charge < -0.3 is 0 Å². The number of hydrogen-bond donors (Lipinski definition) is 0. The fourth-order valence-electron chi connectivity index (χ4n) is 3.31. The first-order valence-corrected chi connectivity index (χ1v) is 9.44. The second-order valence-corrected chi connectivity index (χ2v) is 8.28. The molecule has 1 aliphatic heterocycles. The van der Waals surface area contributed by atoms with Crippen molar-refractivity contribution in [3.8, 4) is 0 Å². The minimum atomic E-state index is -3.47. The fourth-order valence-corrected chi connectivity index (χ4v) is 5.00. The first-order chi connectivity index (χ1) is 10.4. The van der Waals surface area contributed by atoms with E-state index in [0.29, 0.717) is 19.0 Å². The summed E-state index contributed by atoms with van der Waals surface area (Å²) in [5.74, 6) is 0.294. The van der Waals surface area contributed by atoms with Crippen molar-refractivity contribution in [2.45, 2.75) is 46.0 Å². The van der Waals surface area contributed by atoms with Crippen LogP contribution in [0, 0.1) is 6.92 Å². The van der Waals surface area contributed by atoms with Gasteiger partial charge in [-0.05, 0) is 36.8 Å². The molecular weight excluding hydrogens is 296 g/mol.